The second-order valence-corrected chi connectivity index (χ2v) is 9.00. The Morgan fingerprint density at radius 3 is 2.55 bits per heavy atom. The van der Waals surface area contributed by atoms with E-state index in [9.17, 15) is 18.0 Å². The number of hydrogen-bond acceptors (Lipinski definition) is 5. The normalized spacial score (nSPS) is 18.2. The van der Waals surface area contributed by atoms with E-state index in [0.29, 0.717) is 36.6 Å². The number of carboxylic acids is 1. The van der Waals surface area contributed by atoms with Crippen LogP contribution in [0.3, 0.4) is 0 Å². The molecule has 1 N–H and O–H groups in total. The Hall–Kier alpha value is -2.68. The number of rotatable bonds is 7. The van der Waals surface area contributed by atoms with E-state index in [1.807, 2.05) is 4.90 Å². The van der Waals surface area contributed by atoms with E-state index in [-0.39, 0.29) is 24.1 Å². The molecular formula is C24H28F3N3O3. The summed E-state index contributed by atoms with van der Waals surface area (Å²) in [5, 5.41) is 8.97. The zero-order valence-electron chi connectivity index (χ0n) is 18.6. The molecule has 0 unspecified atom stereocenters. The van der Waals surface area contributed by atoms with Crippen molar-refractivity contribution in [2.75, 3.05) is 13.1 Å². The summed E-state index contributed by atoms with van der Waals surface area (Å²) in [5.41, 5.74) is 1.33. The molecule has 2 aromatic rings. The molecule has 33 heavy (non-hydrogen) atoms. The van der Waals surface area contributed by atoms with Crippen LogP contribution in [0.15, 0.2) is 24.4 Å². The van der Waals surface area contributed by atoms with E-state index in [1.165, 1.54) is 6.20 Å². The van der Waals surface area contributed by atoms with Gasteiger partial charge in [0.25, 0.3) is 0 Å². The van der Waals surface area contributed by atoms with Crippen molar-refractivity contribution in [1.82, 2.24) is 14.9 Å². The van der Waals surface area contributed by atoms with E-state index < -0.39 is 17.7 Å². The van der Waals surface area contributed by atoms with E-state index in [1.54, 1.807) is 19.1 Å². The van der Waals surface area contributed by atoms with Gasteiger partial charge in [-0.1, -0.05) is 19.3 Å². The number of aliphatic carboxylic acids is 1. The van der Waals surface area contributed by atoms with Gasteiger partial charge in [-0.25, -0.2) is 0 Å². The molecule has 0 radical (unpaired) electrons. The molecule has 1 saturated carbocycles. The second-order valence-electron chi connectivity index (χ2n) is 9.00. The van der Waals surface area contributed by atoms with Crippen LogP contribution in [0.2, 0.25) is 0 Å². The summed E-state index contributed by atoms with van der Waals surface area (Å²) in [4.78, 5) is 21.7. The molecular weight excluding hydrogens is 435 g/mol. The number of likely N-dealkylation sites (tertiary alicyclic amines) is 1. The summed E-state index contributed by atoms with van der Waals surface area (Å²) in [5.74, 6) is -0.716. The van der Waals surface area contributed by atoms with Crippen molar-refractivity contribution in [3.05, 3.63) is 52.6 Å². The molecule has 0 atom stereocenters. The molecule has 178 valence electrons. The molecule has 0 aromatic carbocycles. The van der Waals surface area contributed by atoms with Crippen LogP contribution in [0.25, 0.3) is 0 Å². The van der Waals surface area contributed by atoms with Crippen LogP contribution in [0.5, 0.6) is 5.75 Å². The van der Waals surface area contributed by atoms with Crippen LogP contribution in [0.1, 0.15) is 66.2 Å². The average Bonchev–Trinajstić information content (AvgIpc) is 2.75. The largest absolute Gasteiger partial charge is 0.485 e. The number of aryl methyl sites for hydroxylation is 1. The third kappa shape index (κ3) is 5.63. The second kappa shape index (κ2) is 9.67. The molecule has 0 bridgehead atoms. The van der Waals surface area contributed by atoms with Crippen LogP contribution in [-0.2, 0) is 24.1 Å². The van der Waals surface area contributed by atoms with E-state index in [4.69, 9.17) is 9.84 Å². The van der Waals surface area contributed by atoms with E-state index >= 15 is 0 Å². The number of carboxylic acid groups (broad SMARTS) is 1. The van der Waals surface area contributed by atoms with Crippen LogP contribution in [-0.4, -0.2) is 39.0 Å². The van der Waals surface area contributed by atoms with Gasteiger partial charge in [0, 0.05) is 25.8 Å². The molecule has 0 spiro atoms. The minimum absolute atomic E-state index is 0.0810. The maximum Gasteiger partial charge on any atom is 0.416 e. The predicted molar refractivity (Wildman–Crippen MR) is 115 cm³/mol. The highest BCUT2D eigenvalue weighted by Crippen LogP contribution is 2.40. The third-order valence-corrected chi connectivity index (χ3v) is 6.50. The molecule has 1 saturated heterocycles. The number of ether oxygens (including phenoxy) is 1. The Morgan fingerprint density at radius 1 is 1.18 bits per heavy atom. The van der Waals surface area contributed by atoms with Crippen molar-refractivity contribution in [2.45, 2.75) is 64.3 Å². The topological polar surface area (TPSA) is 75.6 Å². The maximum absolute atomic E-state index is 13.7. The molecule has 1 aliphatic heterocycles. The molecule has 2 aromatic heterocycles. The zero-order chi connectivity index (χ0) is 23.6. The third-order valence-electron chi connectivity index (χ3n) is 6.50. The molecule has 1 aliphatic carbocycles. The first kappa shape index (κ1) is 23.5. The van der Waals surface area contributed by atoms with Crippen molar-refractivity contribution in [3.63, 3.8) is 0 Å². The first-order valence-corrected chi connectivity index (χ1v) is 11.3. The fraction of sp³-hybridized carbons (Fsp3) is 0.542. The Bertz CT molecular complexity index is 1000. The van der Waals surface area contributed by atoms with Crippen LogP contribution in [0, 0.1) is 12.8 Å². The zero-order valence-corrected chi connectivity index (χ0v) is 18.6. The maximum atomic E-state index is 13.7. The van der Waals surface area contributed by atoms with Gasteiger partial charge in [0.1, 0.15) is 12.4 Å². The summed E-state index contributed by atoms with van der Waals surface area (Å²) in [6.45, 7) is 3.23. The SMILES string of the molecule is Cc1nc(CN2CC(C(=O)O)C2)ccc1OCc1cc(C(F)(F)F)c(C2CCCCC2)cn1. The minimum atomic E-state index is -4.43. The lowest BCUT2D eigenvalue weighted by molar-refractivity contribution is -0.147. The number of nitrogens with zero attached hydrogens (tertiary/aromatic N) is 3. The number of pyridine rings is 2. The highest BCUT2D eigenvalue weighted by atomic mass is 19.4. The Balaban J connectivity index is 1.40. The summed E-state index contributed by atoms with van der Waals surface area (Å²) in [7, 11) is 0. The summed E-state index contributed by atoms with van der Waals surface area (Å²) in [6, 6.07) is 4.65. The highest BCUT2D eigenvalue weighted by Gasteiger charge is 2.36. The molecule has 2 aliphatic rings. The molecule has 4 rings (SSSR count). The molecule has 9 heteroatoms. The van der Waals surface area contributed by atoms with Crippen molar-refractivity contribution in [2.24, 2.45) is 5.92 Å². The summed E-state index contributed by atoms with van der Waals surface area (Å²) in [6.07, 6.45) is 1.46. The van der Waals surface area contributed by atoms with E-state index in [2.05, 4.69) is 9.97 Å². The summed E-state index contributed by atoms with van der Waals surface area (Å²) >= 11 is 0. The van der Waals surface area contributed by atoms with Gasteiger partial charge in [0.15, 0.2) is 0 Å². The average molecular weight is 464 g/mol. The van der Waals surface area contributed by atoms with Crippen molar-refractivity contribution >= 4 is 5.97 Å². The summed E-state index contributed by atoms with van der Waals surface area (Å²) < 4.78 is 47.0. The van der Waals surface area contributed by atoms with Crippen molar-refractivity contribution < 1.29 is 27.8 Å². The van der Waals surface area contributed by atoms with Gasteiger partial charge in [0.05, 0.1) is 28.6 Å². The van der Waals surface area contributed by atoms with E-state index in [0.717, 1.165) is 43.9 Å². The van der Waals surface area contributed by atoms with Gasteiger partial charge < -0.3 is 9.84 Å². The van der Waals surface area contributed by atoms with Crippen molar-refractivity contribution in [3.8, 4) is 5.75 Å². The Labute approximate surface area is 190 Å². The highest BCUT2D eigenvalue weighted by molar-refractivity contribution is 5.71. The quantitative estimate of drug-likeness (QED) is 0.627. The van der Waals surface area contributed by atoms with Crippen molar-refractivity contribution in [1.29, 1.82) is 0 Å². The fourth-order valence-electron chi connectivity index (χ4n) is 4.65. The lowest BCUT2D eigenvalue weighted by Gasteiger charge is -2.36. The molecule has 2 fully saturated rings. The monoisotopic (exact) mass is 463 g/mol. The van der Waals surface area contributed by atoms with Crippen LogP contribution in [0.4, 0.5) is 13.2 Å². The van der Waals surface area contributed by atoms with Gasteiger partial charge in [-0.3, -0.25) is 19.7 Å². The predicted octanol–water partition coefficient (Wildman–Crippen LogP) is 4.95. The van der Waals surface area contributed by atoms with Gasteiger partial charge in [0.2, 0.25) is 0 Å². The van der Waals surface area contributed by atoms with Crippen LogP contribution >= 0.6 is 0 Å². The number of aromatic nitrogens is 2. The fourth-order valence-corrected chi connectivity index (χ4v) is 4.65. The van der Waals surface area contributed by atoms with Gasteiger partial charge in [-0.15, -0.1) is 0 Å². The number of alkyl halides is 3. The van der Waals surface area contributed by atoms with Crippen LogP contribution < -0.4 is 4.74 Å². The number of halogens is 3. The lowest BCUT2D eigenvalue weighted by Crippen LogP contribution is -2.49. The standard InChI is InChI=1S/C24H28F3N3O3/c1-15-22(8-7-18(29-15)13-30-11-17(12-30)23(31)32)33-14-19-9-21(24(25,26)27)20(10-28-19)16-5-3-2-4-6-16/h7-10,16-17H,2-6,11-14H2,1H3,(H,31,32). The number of hydrogen-bond donors (Lipinski definition) is 1. The number of carbonyl (C=O) groups is 1. The molecule has 3 heterocycles. The Kier molecular flexibility index (Phi) is 6.88. The smallest absolute Gasteiger partial charge is 0.416 e. The van der Waals surface area contributed by atoms with Gasteiger partial charge in [-0.2, -0.15) is 13.2 Å². The minimum Gasteiger partial charge on any atom is -0.485 e. The lowest BCUT2D eigenvalue weighted by atomic mass is 9.82. The first-order chi connectivity index (χ1) is 15.7. The Morgan fingerprint density at radius 2 is 1.91 bits per heavy atom. The molecule has 0 amide bonds. The first-order valence-electron chi connectivity index (χ1n) is 11.3. The van der Waals surface area contributed by atoms with Gasteiger partial charge in [-0.05, 0) is 49.4 Å². The van der Waals surface area contributed by atoms with Gasteiger partial charge >= 0.3 is 12.1 Å². The molecule has 6 nitrogen and oxygen atoms in total.